The number of piperidine rings is 1. The first kappa shape index (κ1) is 19.3. The lowest BCUT2D eigenvalue weighted by Crippen LogP contribution is -2.30. The van der Waals surface area contributed by atoms with Crippen molar-refractivity contribution >= 4 is 28.5 Å². The lowest BCUT2D eigenvalue weighted by molar-refractivity contribution is 0.0774. The highest BCUT2D eigenvalue weighted by atomic mass is 16.5. The number of anilines is 1. The van der Waals surface area contributed by atoms with Gasteiger partial charge in [-0.15, -0.1) is 0 Å². The number of carbonyl (C=O) groups excluding carboxylic acids is 2. The molecule has 2 amide bonds. The molecule has 0 bridgehead atoms. The number of ether oxygens (including phenoxy) is 2. The quantitative estimate of drug-likeness (QED) is 0.685. The summed E-state index contributed by atoms with van der Waals surface area (Å²) in [6.07, 6.45) is 2.84. The average Bonchev–Trinajstić information content (AvgIpc) is 3.42. The second kappa shape index (κ2) is 7.54. The smallest absolute Gasteiger partial charge is 0.274 e. The maximum Gasteiger partial charge on any atom is 0.274 e. The van der Waals surface area contributed by atoms with Gasteiger partial charge in [0.25, 0.3) is 11.8 Å². The molecule has 3 aromatic rings. The van der Waals surface area contributed by atoms with Crippen LogP contribution in [0.5, 0.6) is 11.5 Å². The number of amides is 2. The third-order valence-electron chi connectivity index (χ3n) is 5.94. The van der Waals surface area contributed by atoms with Crippen molar-refractivity contribution in [1.82, 2.24) is 14.9 Å². The summed E-state index contributed by atoms with van der Waals surface area (Å²) in [5, 5.41) is 3.66. The van der Waals surface area contributed by atoms with Gasteiger partial charge in [0.15, 0.2) is 17.1 Å². The third kappa shape index (κ3) is 3.54. The number of aromatic nitrogens is 2. The Kier molecular flexibility index (Phi) is 4.69. The Morgan fingerprint density at radius 2 is 1.90 bits per heavy atom. The fraction of sp³-hybridized carbons (Fsp3) is 0.304. The van der Waals surface area contributed by atoms with Gasteiger partial charge in [-0.2, -0.15) is 0 Å². The summed E-state index contributed by atoms with van der Waals surface area (Å²) in [4.78, 5) is 36.3. The van der Waals surface area contributed by atoms with Gasteiger partial charge in [-0.1, -0.05) is 0 Å². The van der Waals surface area contributed by atoms with E-state index in [9.17, 15) is 9.59 Å². The first-order chi connectivity index (χ1) is 15.1. The molecule has 1 saturated carbocycles. The minimum absolute atomic E-state index is 0.0725. The number of likely N-dealkylation sites (tertiary alicyclic amines) is 1. The summed E-state index contributed by atoms with van der Waals surface area (Å²) in [7, 11) is 2.99. The highest BCUT2D eigenvalue weighted by Gasteiger charge is 2.46. The normalized spacial score (nSPS) is 19.1. The van der Waals surface area contributed by atoms with Crippen molar-refractivity contribution < 1.29 is 19.1 Å². The van der Waals surface area contributed by atoms with Gasteiger partial charge >= 0.3 is 0 Å². The van der Waals surface area contributed by atoms with Gasteiger partial charge in [0, 0.05) is 30.2 Å². The summed E-state index contributed by atoms with van der Waals surface area (Å²) >= 11 is 0. The number of benzene rings is 1. The molecule has 2 atom stereocenters. The first-order valence-corrected chi connectivity index (χ1v) is 10.2. The van der Waals surface area contributed by atoms with E-state index in [4.69, 9.17) is 9.47 Å². The van der Waals surface area contributed by atoms with Crippen LogP contribution in [0.1, 0.15) is 27.3 Å². The molecule has 2 aromatic heterocycles. The molecule has 1 N–H and O–H groups in total. The summed E-state index contributed by atoms with van der Waals surface area (Å²) in [5.41, 5.74) is 1.49. The zero-order valence-corrected chi connectivity index (χ0v) is 17.3. The van der Waals surface area contributed by atoms with E-state index in [1.54, 1.807) is 30.5 Å². The second-order valence-corrected chi connectivity index (χ2v) is 7.93. The number of nitrogens with one attached hydrogen (secondary N) is 1. The van der Waals surface area contributed by atoms with E-state index in [-0.39, 0.29) is 11.6 Å². The number of hydrogen-bond donors (Lipinski definition) is 1. The minimum atomic E-state index is -0.431. The van der Waals surface area contributed by atoms with Crippen molar-refractivity contribution in [3.05, 3.63) is 53.9 Å². The van der Waals surface area contributed by atoms with Crippen LogP contribution in [0.25, 0.3) is 11.0 Å². The predicted molar refractivity (Wildman–Crippen MR) is 115 cm³/mol. The predicted octanol–water partition coefficient (Wildman–Crippen LogP) is 2.99. The van der Waals surface area contributed by atoms with Crippen LogP contribution in [0.15, 0.2) is 42.6 Å². The number of rotatable bonds is 5. The fourth-order valence-electron chi connectivity index (χ4n) is 4.19. The minimum Gasteiger partial charge on any atom is -0.493 e. The molecule has 5 rings (SSSR count). The molecule has 31 heavy (non-hydrogen) atoms. The molecule has 8 nitrogen and oxygen atoms in total. The van der Waals surface area contributed by atoms with Crippen LogP contribution in [-0.2, 0) is 0 Å². The SMILES string of the molecule is COc1cc(C(=O)N2C[C@H]3C[C@H]3C2)cc(NC(=O)c2ccc3cccnc3n2)c1OC. The zero-order chi connectivity index (χ0) is 21.5. The number of fused-ring (bicyclic) bond motifs is 2. The maximum absolute atomic E-state index is 13.0. The molecule has 8 heteroatoms. The van der Waals surface area contributed by atoms with Crippen molar-refractivity contribution in [2.45, 2.75) is 6.42 Å². The Labute approximate surface area is 179 Å². The van der Waals surface area contributed by atoms with Gasteiger partial charge in [-0.3, -0.25) is 9.59 Å². The molecule has 1 aromatic carbocycles. The molecule has 2 aliphatic rings. The van der Waals surface area contributed by atoms with E-state index in [1.165, 1.54) is 20.6 Å². The Balaban J connectivity index is 1.46. The van der Waals surface area contributed by atoms with E-state index in [2.05, 4.69) is 15.3 Å². The summed E-state index contributed by atoms with van der Waals surface area (Å²) in [6, 6.07) is 10.4. The summed E-state index contributed by atoms with van der Waals surface area (Å²) in [6.45, 7) is 1.57. The van der Waals surface area contributed by atoms with E-state index >= 15 is 0 Å². The molecule has 1 saturated heterocycles. The summed E-state index contributed by atoms with van der Waals surface area (Å²) < 4.78 is 10.9. The molecular formula is C23H22N4O4. The number of nitrogens with zero attached hydrogens (tertiary/aromatic N) is 3. The van der Waals surface area contributed by atoms with Crippen molar-refractivity contribution in [2.24, 2.45) is 11.8 Å². The van der Waals surface area contributed by atoms with Crippen LogP contribution in [0.3, 0.4) is 0 Å². The third-order valence-corrected chi connectivity index (χ3v) is 5.94. The molecular weight excluding hydrogens is 396 g/mol. The molecule has 0 spiro atoms. The van der Waals surface area contributed by atoms with E-state index in [1.807, 2.05) is 17.0 Å². The standard InChI is InChI=1S/C23H22N4O4/c1-30-19-10-14(23(29)27-11-15-8-16(15)12-27)9-18(20(19)31-2)26-22(28)17-6-5-13-4-3-7-24-21(13)25-17/h3-7,9-10,15-16H,8,11-12H2,1-2H3,(H,26,28)/t15-,16+. The largest absolute Gasteiger partial charge is 0.493 e. The van der Waals surface area contributed by atoms with Gasteiger partial charge < -0.3 is 19.7 Å². The van der Waals surface area contributed by atoms with Crippen molar-refractivity contribution in [3.8, 4) is 11.5 Å². The molecule has 2 fully saturated rings. The van der Waals surface area contributed by atoms with Crippen LogP contribution in [0, 0.1) is 11.8 Å². The number of hydrogen-bond acceptors (Lipinski definition) is 6. The topological polar surface area (TPSA) is 93.7 Å². The van der Waals surface area contributed by atoms with Gasteiger partial charge in [0.1, 0.15) is 5.69 Å². The van der Waals surface area contributed by atoms with Crippen LogP contribution in [0.2, 0.25) is 0 Å². The van der Waals surface area contributed by atoms with Crippen LogP contribution >= 0.6 is 0 Å². The first-order valence-electron chi connectivity index (χ1n) is 10.2. The monoisotopic (exact) mass is 418 g/mol. The van der Waals surface area contributed by atoms with Crippen molar-refractivity contribution in [2.75, 3.05) is 32.6 Å². The van der Waals surface area contributed by atoms with Crippen LogP contribution < -0.4 is 14.8 Å². The number of pyridine rings is 2. The molecule has 158 valence electrons. The van der Waals surface area contributed by atoms with Crippen LogP contribution in [-0.4, -0.2) is 54.0 Å². The molecule has 0 unspecified atom stereocenters. The molecule has 0 radical (unpaired) electrons. The van der Waals surface area contributed by atoms with E-state index < -0.39 is 5.91 Å². The summed E-state index contributed by atoms with van der Waals surface area (Å²) in [5.74, 6) is 1.49. The second-order valence-electron chi connectivity index (χ2n) is 7.93. The average molecular weight is 418 g/mol. The Bertz CT molecular complexity index is 1190. The highest BCUT2D eigenvalue weighted by Crippen LogP contribution is 2.45. The number of carbonyl (C=O) groups is 2. The highest BCUT2D eigenvalue weighted by molar-refractivity contribution is 6.06. The lowest BCUT2D eigenvalue weighted by Gasteiger charge is -2.20. The van der Waals surface area contributed by atoms with Gasteiger partial charge in [-0.25, -0.2) is 9.97 Å². The van der Waals surface area contributed by atoms with Gasteiger partial charge in [-0.05, 0) is 54.7 Å². The van der Waals surface area contributed by atoms with E-state index in [0.717, 1.165) is 18.5 Å². The van der Waals surface area contributed by atoms with Crippen LogP contribution in [0.4, 0.5) is 5.69 Å². The Morgan fingerprint density at radius 3 is 2.65 bits per heavy atom. The zero-order valence-electron chi connectivity index (χ0n) is 17.3. The van der Waals surface area contributed by atoms with E-state index in [0.29, 0.717) is 40.2 Å². The maximum atomic E-state index is 13.0. The Hall–Kier alpha value is -3.68. The van der Waals surface area contributed by atoms with Gasteiger partial charge in [0.05, 0.1) is 19.9 Å². The molecule has 1 aliphatic carbocycles. The number of methoxy groups -OCH3 is 2. The van der Waals surface area contributed by atoms with Crippen molar-refractivity contribution in [3.63, 3.8) is 0 Å². The lowest BCUT2D eigenvalue weighted by atomic mass is 10.1. The Morgan fingerprint density at radius 1 is 1.10 bits per heavy atom. The van der Waals surface area contributed by atoms with Gasteiger partial charge in [0.2, 0.25) is 0 Å². The molecule has 3 heterocycles. The van der Waals surface area contributed by atoms with Crippen molar-refractivity contribution in [1.29, 1.82) is 0 Å². The molecule has 1 aliphatic heterocycles. The fourth-order valence-corrected chi connectivity index (χ4v) is 4.19.